The van der Waals surface area contributed by atoms with Crippen LogP contribution >= 0.6 is 0 Å². The average molecular weight is 227 g/mol. The third kappa shape index (κ3) is 3.38. The van der Waals surface area contributed by atoms with Crippen molar-refractivity contribution in [2.75, 3.05) is 6.61 Å². The van der Waals surface area contributed by atoms with Crippen molar-refractivity contribution >= 4 is 10.0 Å². The Morgan fingerprint density at radius 3 is 2.67 bits per heavy atom. The summed E-state index contributed by atoms with van der Waals surface area (Å²) in [4.78, 5) is 0.00880. The van der Waals surface area contributed by atoms with Gasteiger partial charge in [0.05, 0.1) is 0 Å². The molecule has 1 aromatic rings. The van der Waals surface area contributed by atoms with E-state index in [1.165, 1.54) is 6.07 Å². The molecule has 0 saturated carbocycles. The van der Waals surface area contributed by atoms with Crippen LogP contribution in [0.15, 0.2) is 41.3 Å². The number of sulfonamides is 1. The SMILES string of the molecule is CC=CCOc1ccccc1S(N)(=O)=O. The summed E-state index contributed by atoms with van der Waals surface area (Å²) in [5.41, 5.74) is 0. The lowest BCUT2D eigenvalue weighted by atomic mass is 10.3. The predicted molar refractivity (Wildman–Crippen MR) is 58.1 cm³/mol. The fraction of sp³-hybridized carbons (Fsp3) is 0.200. The van der Waals surface area contributed by atoms with Gasteiger partial charge in [-0.05, 0) is 19.1 Å². The van der Waals surface area contributed by atoms with Gasteiger partial charge in [0.2, 0.25) is 10.0 Å². The fourth-order valence-electron chi connectivity index (χ4n) is 1.04. The summed E-state index contributed by atoms with van der Waals surface area (Å²) >= 11 is 0. The molecule has 0 aliphatic heterocycles. The minimum absolute atomic E-state index is 0.00880. The van der Waals surface area contributed by atoms with E-state index in [1.54, 1.807) is 24.3 Å². The van der Waals surface area contributed by atoms with E-state index in [2.05, 4.69) is 0 Å². The van der Waals surface area contributed by atoms with Gasteiger partial charge in [0.1, 0.15) is 17.3 Å². The van der Waals surface area contributed by atoms with E-state index >= 15 is 0 Å². The number of primary sulfonamides is 1. The molecule has 0 heterocycles. The Balaban J connectivity index is 2.97. The Morgan fingerprint density at radius 1 is 1.40 bits per heavy atom. The normalized spacial score (nSPS) is 11.9. The molecule has 0 radical (unpaired) electrons. The first kappa shape index (κ1) is 11.7. The van der Waals surface area contributed by atoms with Crippen LogP contribution in [0.2, 0.25) is 0 Å². The highest BCUT2D eigenvalue weighted by Gasteiger charge is 2.13. The van der Waals surface area contributed by atoms with Crippen molar-refractivity contribution in [3.63, 3.8) is 0 Å². The van der Waals surface area contributed by atoms with Crippen molar-refractivity contribution in [3.8, 4) is 5.75 Å². The molecule has 0 bridgehead atoms. The molecule has 1 aromatic carbocycles. The Kier molecular flexibility index (Phi) is 3.88. The van der Waals surface area contributed by atoms with Crippen molar-refractivity contribution < 1.29 is 13.2 Å². The van der Waals surface area contributed by atoms with Crippen molar-refractivity contribution in [1.82, 2.24) is 0 Å². The summed E-state index contributed by atoms with van der Waals surface area (Å²) < 4.78 is 27.6. The number of hydrogen-bond acceptors (Lipinski definition) is 3. The number of benzene rings is 1. The number of allylic oxidation sites excluding steroid dienone is 1. The number of hydrogen-bond donors (Lipinski definition) is 1. The monoisotopic (exact) mass is 227 g/mol. The highest BCUT2D eigenvalue weighted by atomic mass is 32.2. The van der Waals surface area contributed by atoms with Gasteiger partial charge in [0.15, 0.2) is 0 Å². The molecule has 0 spiro atoms. The molecule has 0 aliphatic carbocycles. The lowest BCUT2D eigenvalue weighted by Gasteiger charge is -2.07. The zero-order valence-corrected chi connectivity index (χ0v) is 9.20. The second-order valence-electron chi connectivity index (χ2n) is 2.87. The fourth-order valence-corrected chi connectivity index (χ4v) is 1.71. The van der Waals surface area contributed by atoms with Gasteiger partial charge in [-0.1, -0.05) is 24.3 Å². The standard InChI is InChI=1S/C10H13NO3S/c1-2-3-8-14-9-6-4-5-7-10(9)15(11,12)13/h2-7H,8H2,1H3,(H2,11,12,13). The lowest BCUT2D eigenvalue weighted by Crippen LogP contribution is -2.13. The van der Waals surface area contributed by atoms with Crippen LogP contribution in [0.4, 0.5) is 0 Å². The van der Waals surface area contributed by atoms with E-state index in [9.17, 15) is 8.42 Å². The van der Waals surface area contributed by atoms with E-state index in [0.29, 0.717) is 6.61 Å². The zero-order chi connectivity index (χ0) is 11.3. The van der Waals surface area contributed by atoms with Crippen LogP contribution in [-0.4, -0.2) is 15.0 Å². The summed E-state index contributed by atoms with van der Waals surface area (Å²) in [7, 11) is -3.72. The quantitative estimate of drug-likeness (QED) is 0.788. The summed E-state index contributed by atoms with van der Waals surface area (Å²) in [5.74, 6) is 0.276. The minimum atomic E-state index is -3.72. The summed E-state index contributed by atoms with van der Waals surface area (Å²) in [6.07, 6.45) is 3.60. The molecule has 4 nitrogen and oxygen atoms in total. The number of ether oxygens (including phenoxy) is 1. The minimum Gasteiger partial charge on any atom is -0.488 e. The van der Waals surface area contributed by atoms with Crippen LogP contribution in [0.5, 0.6) is 5.75 Å². The van der Waals surface area contributed by atoms with Crippen LogP contribution in [0, 0.1) is 0 Å². The van der Waals surface area contributed by atoms with Crippen molar-refractivity contribution in [2.24, 2.45) is 5.14 Å². The average Bonchev–Trinajstić information content (AvgIpc) is 2.17. The molecule has 0 atom stereocenters. The first-order chi connectivity index (χ1) is 7.05. The lowest BCUT2D eigenvalue weighted by molar-refractivity contribution is 0.353. The molecule has 82 valence electrons. The summed E-state index contributed by atoms with van der Waals surface area (Å²) in [5, 5.41) is 5.04. The third-order valence-electron chi connectivity index (χ3n) is 1.73. The van der Waals surface area contributed by atoms with Gasteiger partial charge in [-0.15, -0.1) is 0 Å². The van der Waals surface area contributed by atoms with Gasteiger partial charge < -0.3 is 4.74 Å². The Bertz CT molecular complexity index is 451. The van der Waals surface area contributed by atoms with Gasteiger partial charge in [-0.25, -0.2) is 13.6 Å². The van der Waals surface area contributed by atoms with Crippen LogP contribution in [-0.2, 0) is 10.0 Å². The first-order valence-corrected chi connectivity index (χ1v) is 5.96. The molecule has 0 fully saturated rings. The number of rotatable bonds is 4. The van der Waals surface area contributed by atoms with E-state index in [-0.39, 0.29) is 10.6 Å². The van der Waals surface area contributed by atoms with Gasteiger partial charge in [-0.2, -0.15) is 0 Å². The van der Waals surface area contributed by atoms with Crippen LogP contribution in [0.1, 0.15) is 6.92 Å². The summed E-state index contributed by atoms with van der Waals surface area (Å²) in [6.45, 7) is 2.18. The van der Waals surface area contributed by atoms with Gasteiger partial charge in [-0.3, -0.25) is 0 Å². The molecule has 5 heteroatoms. The maximum absolute atomic E-state index is 11.2. The van der Waals surface area contributed by atoms with Gasteiger partial charge in [0.25, 0.3) is 0 Å². The van der Waals surface area contributed by atoms with E-state index in [4.69, 9.17) is 9.88 Å². The Morgan fingerprint density at radius 2 is 2.07 bits per heavy atom. The Labute approximate surface area is 89.4 Å². The smallest absolute Gasteiger partial charge is 0.241 e. The molecule has 0 aromatic heterocycles. The molecule has 2 N–H and O–H groups in total. The van der Waals surface area contributed by atoms with E-state index < -0.39 is 10.0 Å². The van der Waals surface area contributed by atoms with Crippen molar-refractivity contribution in [2.45, 2.75) is 11.8 Å². The maximum atomic E-state index is 11.2. The Hall–Kier alpha value is -1.33. The highest BCUT2D eigenvalue weighted by Crippen LogP contribution is 2.21. The molecule has 0 unspecified atom stereocenters. The van der Waals surface area contributed by atoms with Crippen LogP contribution in [0.3, 0.4) is 0 Å². The van der Waals surface area contributed by atoms with Crippen LogP contribution < -0.4 is 9.88 Å². The van der Waals surface area contributed by atoms with Crippen molar-refractivity contribution in [3.05, 3.63) is 36.4 Å². The van der Waals surface area contributed by atoms with E-state index in [0.717, 1.165) is 0 Å². The van der Waals surface area contributed by atoms with Gasteiger partial charge in [0, 0.05) is 0 Å². The summed E-state index contributed by atoms with van der Waals surface area (Å²) in [6, 6.07) is 6.28. The largest absolute Gasteiger partial charge is 0.488 e. The first-order valence-electron chi connectivity index (χ1n) is 4.41. The van der Waals surface area contributed by atoms with Crippen molar-refractivity contribution in [1.29, 1.82) is 0 Å². The molecule has 0 aliphatic rings. The molecule has 0 saturated heterocycles. The molecule has 15 heavy (non-hydrogen) atoms. The second-order valence-corrected chi connectivity index (χ2v) is 4.40. The molecule has 0 amide bonds. The van der Waals surface area contributed by atoms with Gasteiger partial charge >= 0.3 is 0 Å². The second kappa shape index (κ2) is 4.95. The maximum Gasteiger partial charge on any atom is 0.241 e. The topological polar surface area (TPSA) is 69.4 Å². The van der Waals surface area contributed by atoms with Crippen LogP contribution in [0.25, 0.3) is 0 Å². The number of para-hydroxylation sites is 1. The zero-order valence-electron chi connectivity index (χ0n) is 8.38. The number of nitrogens with two attached hydrogens (primary N) is 1. The molecule has 1 rings (SSSR count). The highest BCUT2D eigenvalue weighted by molar-refractivity contribution is 7.89. The molecular formula is C10H13NO3S. The van der Waals surface area contributed by atoms with E-state index in [1.807, 2.05) is 13.0 Å². The molecular weight excluding hydrogens is 214 g/mol. The third-order valence-corrected chi connectivity index (χ3v) is 2.68. The predicted octanol–water partition coefficient (Wildman–Crippen LogP) is 1.29.